The maximum atomic E-state index is 11.8. The van der Waals surface area contributed by atoms with Crippen LogP contribution in [0.2, 0.25) is 0 Å². The molecule has 1 aromatic carbocycles. The molecule has 0 saturated carbocycles. The van der Waals surface area contributed by atoms with Gasteiger partial charge in [0.15, 0.2) is 5.78 Å². The van der Waals surface area contributed by atoms with E-state index in [9.17, 15) is 9.59 Å². The van der Waals surface area contributed by atoms with Crippen LogP contribution in [0.25, 0.3) is 0 Å². The molecule has 2 N–H and O–H groups in total. The van der Waals surface area contributed by atoms with E-state index in [-0.39, 0.29) is 18.9 Å². The van der Waals surface area contributed by atoms with Crippen LogP contribution >= 0.6 is 0 Å². The molecular formula is C13H18N2O2. The highest BCUT2D eigenvalue weighted by atomic mass is 16.1. The van der Waals surface area contributed by atoms with Crippen LogP contribution in [0, 0.1) is 0 Å². The van der Waals surface area contributed by atoms with E-state index in [2.05, 4.69) is 6.92 Å². The average molecular weight is 234 g/mol. The number of benzene rings is 1. The lowest BCUT2D eigenvalue weighted by Gasteiger charge is -2.13. The number of ketones is 1. The molecule has 0 fully saturated rings. The molecule has 0 bridgehead atoms. The fraction of sp³-hybridized carbons (Fsp3) is 0.385. The van der Waals surface area contributed by atoms with Crippen molar-refractivity contribution in [3.05, 3.63) is 35.4 Å². The predicted octanol–water partition coefficient (Wildman–Crippen LogP) is 0.849. The molecule has 1 rings (SSSR count). The van der Waals surface area contributed by atoms with Crippen molar-refractivity contribution in [1.82, 2.24) is 4.90 Å². The lowest BCUT2D eigenvalue weighted by molar-refractivity contribution is -0.118. The number of Topliss-reactive ketones (excluding diaryl/α,β-unsaturated/α-hetero) is 1. The van der Waals surface area contributed by atoms with Crippen LogP contribution in [0.3, 0.4) is 0 Å². The van der Waals surface area contributed by atoms with Gasteiger partial charge in [0.05, 0.1) is 13.1 Å². The van der Waals surface area contributed by atoms with Gasteiger partial charge in [-0.25, -0.2) is 0 Å². The number of carbonyl (C=O) groups excluding carboxylic acids is 2. The predicted molar refractivity (Wildman–Crippen MR) is 66.8 cm³/mol. The summed E-state index contributed by atoms with van der Waals surface area (Å²) < 4.78 is 0. The molecule has 0 aliphatic rings. The Kier molecular flexibility index (Phi) is 4.84. The van der Waals surface area contributed by atoms with E-state index in [1.54, 1.807) is 11.9 Å². The first-order valence-electron chi connectivity index (χ1n) is 5.62. The third-order valence-corrected chi connectivity index (χ3v) is 2.52. The summed E-state index contributed by atoms with van der Waals surface area (Å²) in [5, 5.41) is 0. The Morgan fingerprint density at radius 1 is 1.18 bits per heavy atom. The molecule has 0 unspecified atom stereocenters. The van der Waals surface area contributed by atoms with Gasteiger partial charge in [0.25, 0.3) is 0 Å². The summed E-state index contributed by atoms with van der Waals surface area (Å²) in [6.45, 7) is 2.37. The second kappa shape index (κ2) is 6.15. The molecule has 0 saturated heterocycles. The Bertz CT molecular complexity index is 398. The Morgan fingerprint density at radius 2 is 1.76 bits per heavy atom. The van der Waals surface area contributed by atoms with E-state index in [0.717, 1.165) is 6.42 Å². The fourth-order valence-corrected chi connectivity index (χ4v) is 1.58. The van der Waals surface area contributed by atoms with Gasteiger partial charge in [0, 0.05) is 5.56 Å². The third kappa shape index (κ3) is 4.36. The number of nitrogens with two attached hydrogens (primary N) is 1. The highest BCUT2D eigenvalue weighted by Crippen LogP contribution is 2.06. The van der Waals surface area contributed by atoms with Gasteiger partial charge in [0.2, 0.25) is 5.91 Å². The van der Waals surface area contributed by atoms with Crippen LogP contribution in [-0.2, 0) is 11.2 Å². The molecule has 0 aromatic heterocycles. The van der Waals surface area contributed by atoms with E-state index < -0.39 is 5.91 Å². The second-order valence-electron chi connectivity index (χ2n) is 4.11. The Hall–Kier alpha value is -1.68. The van der Waals surface area contributed by atoms with Crippen LogP contribution in [-0.4, -0.2) is 36.7 Å². The zero-order valence-electron chi connectivity index (χ0n) is 10.3. The minimum atomic E-state index is -0.429. The van der Waals surface area contributed by atoms with Gasteiger partial charge < -0.3 is 5.73 Å². The first-order valence-corrected chi connectivity index (χ1v) is 5.62. The van der Waals surface area contributed by atoms with Gasteiger partial charge >= 0.3 is 0 Å². The summed E-state index contributed by atoms with van der Waals surface area (Å²) in [4.78, 5) is 24.1. The van der Waals surface area contributed by atoms with Crippen molar-refractivity contribution in [2.75, 3.05) is 20.1 Å². The van der Waals surface area contributed by atoms with Gasteiger partial charge in [-0.05, 0) is 19.0 Å². The largest absolute Gasteiger partial charge is 0.369 e. The molecule has 4 nitrogen and oxygen atoms in total. The van der Waals surface area contributed by atoms with Crippen LogP contribution in [0.15, 0.2) is 24.3 Å². The summed E-state index contributed by atoms with van der Waals surface area (Å²) in [5.74, 6) is -0.432. The van der Waals surface area contributed by atoms with Gasteiger partial charge in [-0.2, -0.15) is 0 Å². The van der Waals surface area contributed by atoms with Crippen molar-refractivity contribution in [3.63, 3.8) is 0 Å². The molecule has 0 spiro atoms. The number of carbonyl (C=O) groups is 2. The molecule has 0 aliphatic carbocycles. The topological polar surface area (TPSA) is 63.4 Å². The molecule has 92 valence electrons. The highest BCUT2D eigenvalue weighted by molar-refractivity contribution is 5.97. The summed E-state index contributed by atoms with van der Waals surface area (Å²) in [5.41, 5.74) is 6.92. The minimum absolute atomic E-state index is 0.00333. The average Bonchev–Trinajstić information content (AvgIpc) is 2.28. The molecule has 4 heteroatoms. The van der Waals surface area contributed by atoms with E-state index in [0.29, 0.717) is 5.56 Å². The number of hydrogen-bond acceptors (Lipinski definition) is 3. The Balaban J connectivity index is 2.60. The van der Waals surface area contributed by atoms with Gasteiger partial charge in [-0.1, -0.05) is 31.2 Å². The van der Waals surface area contributed by atoms with E-state index in [1.807, 2.05) is 24.3 Å². The van der Waals surface area contributed by atoms with Crippen molar-refractivity contribution >= 4 is 11.7 Å². The molecule has 0 atom stereocenters. The Labute approximate surface area is 101 Å². The lowest BCUT2D eigenvalue weighted by Crippen LogP contribution is -2.34. The monoisotopic (exact) mass is 234 g/mol. The normalized spacial score (nSPS) is 10.5. The minimum Gasteiger partial charge on any atom is -0.369 e. The molecule has 0 radical (unpaired) electrons. The quantitative estimate of drug-likeness (QED) is 0.742. The van der Waals surface area contributed by atoms with Gasteiger partial charge in [-0.15, -0.1) is 0 Å². The zero-order valence-corrected chi connectivity index (χ0v) is 10.3. The van der Waals surface area contributed by atoms with Gasteiger partial charge in [-0.3, -0.25) is 14.5 Å². The number of nitrogens with zero attached hydrogens (tertiary/aromatic N) is 1. The van der Waals surface area contributed by atoms with E-state index in [1.165, 1.54) is 5.56 Å². The molecule has 0 aliphatic heterocycles. The summed E-state index contributed by atoms with van der Waals surface area (Å²) in [6.07, 6.45) is 0.954. The highest BCUT2D eigenvalue weighted by Gasteiger charge is 2.10. The number of primary amides is 1. The first kappa shape index (κ1) is 13.4. The third-order valence-electron chi connectivity index (χ3n) is 2.52. The molecule has 1 aromatic rings. The Morgan fingerprint density at radius 3 is 2.24 bits per heavy atom. The lowest BCUT2D eigenvalue weighted by atomic mass is 10.1. The summed E-state index contributed by atoms with van der Waals surface area (Å²) in [6, 6.07) is 7.53. The molecule has 1 amide bonds. The van der Waals surface area contributed by atoms with Crippen LogP contribution in [0.5, 0.6) is 0 Å². The number of amides is 1. The zero-order chi connectivity index (χ0) is 12.8. The molecule has 0 heterocycles. The molecule has 17 heavy (non-hydrogen) atoms. The second-order valence-corrected chi connectivity index (χ2v) is 4.11. The number of rotatable bonds is 6. The van der Waals surface area contributed by atoms with E-state index >= 15 is 0 Å². The number of hydrogen-bond donors (Lipinski definition) is 1. The van der Waals surface area contributed by atoms with Crippen molar-refractivity contribution in [2.24, 2.45) is 5.73 Å². The van der Waals surface area contributed by atoms with Crippen molar-refractivity contribution in [1.29, 1.82) is 0 Å². The standard InChI is InChI=1S/C13H18N2O2/c1-3-10-4-6-11(7-5-10)12(16)8-15(2)9-13(14)17/h4-7H,3,8-9H2,1-2H3,(H2,14,17). The smallest absolute Gasteiger partial charge is 0.231 e. The van der Waals surface area contributed by atoms with E-state index in [4.69, 9.17) is 5.73 Å². The maximum absolute atomic E-state index is 11.8. The summed E-state index contributed by atoms with van der Waals surface area (Å²) >= 11 is 0. The van der Waals surface area contributed by atoms with Crippen LogP contribution in [0.1, 0.15) is 22.8 Å². The van der Waals surface area contributed by atoms with Gasteiger partial charge in [0.1, 0.15) is 0 Å². The number of likely N-dealkylation sites (N-methyl/N-ethyl adjacent to an activating group) is 1. The fourth-order valence-electron chi connectivity index (χ4n) is 1.58. The van der Waals surface area contributed by atoms with Crippen LogP contribution in [0.4, 0.5) is 0 Å². The first-order chi connectivity index (χ1) is 8.02. The summed E-state index contributed by atoms with van der Waals surface area (Å²) in [7, 11) is 1.70. The number of aryl methyl sites for hydroxylation is 1. The van der Waals surface area contributed by atoms with Crippen molar-refractivity contribution in [3.8, 4) is 0 Å². The van der Waals surface area contributed by atoms with Crippen molar-refractivity contribution in [2.45, 2.75) is 13.3 Å². The SMILES string of the molecule is CCc1ccc(C(=O)CN(C)CC(N)=O)cc1. The molecular weight excluding hydrogens is 216 g/mol. The van der Waals surface area contributed by atoms with Crippen molar-refractivity contribution < 1.29 is 9.59 Å². The van der Waals surface area contributed by atoms with Crippen LogP contribution < -0.4 is 5.73 Å². The maximum Gasteiger partial charge on any atom is 0.231 e.